The van der Waals surface area contributed by atoms with Crippen molar-refractivity contribution in [1.29, 1.82) is 0 Å². The van der Waals surface area contributed by atoms with E-state index >= 15 is 0 Å². The fourth-order valence-electron chi connectivity index (χ4n) is 2.95. The van der Waals surface area contributed by atoms with Crippen LogP contribution in [0.15, 0.2) is 34.4 Å². The number of benzene rings is 1. The molecule has 0 radical (unpaired) electrons. The molecule has 4 nitrogen and oxygen atoms in total. The van der Waals surface area contributed by atoms with Gasteiger partial charge < -0.3 is 0 Å². The first kappa shape index (κ1) is 15.1. The number of fused-ring (bicyclic) bond motifs is 3. The molecule has 0 amide bonds. The zero-order chi connectivity index (χ0) is 16.7. The lowest BCUT2D eigenvalue weighted by Crippen LogP contribution is -2.18. The predicted molar refractivity (Wildman–Crippen MR) is 89.9 cm³/mol. The van der Waals surface area contributed by atoms with E-state index in [-0.39, 0.29) is 11.1 Å². The molecule has 122 valence electrons. The fourth-order valence-corrected chi connectivity index (χ4v) is 4.17. The lowest BCUT2D eigenvalue weighted by molar-refractivity contribution is 0.582. The fraction of sp³-hybridized carbons (Fsp3) is 0.235. The van der Waals surface area contributed by atoms with E-state index < -0.39 is 11.6 Å². The van der Waals surface area contributed by atoms with Gasteiger partial charge in [-0.25, -0.2) is 13.8 Å². The Morgan fingerprint density at radius 2 is 2.08 bits per heavy atom. The first-order valence-corrected chi connectivity index (χ1v) is 8.46. The molecular weight excluding hydrogens is 332 g/mol. The highest BCUT2D eigenvalue weighted by Crippen LogP contribution is 2.33. The topological polar surface area (TPSA) is 47.2 Å². The van der Waals surface area contributed by atoms with Crippen LogP contribution in [-0.2, 0) is 12.8 Å². The minimum Gasteiger partial charge on any atom is -0.267 e. The van der Waals surface area contributed by atoms with Crippen molar-refractivity contribution in [2.75, 3.05) is 0 Å². The molecule has 1 aliphatic carbocycles. The Balaban J connectivity index is 1.78. The molecule has 0 fully saturated rings. The van der Waals surface area contributed by atoms with E-state index in [2.05, 4.69) is 10.1 Å². The number of aromatic nitrogens is 2. The molecular formula is C17H13F2N3OS. The van der Waals surface area contributed by atoms with Crippen molar-refractivity contribution in [2.24, 2.45) is 5.10 Å². The second-order valence-corrected chi connectivity index (χ2v) is 6.78. The molecule has 3 aromatic rings. The second-order valence-electron chi connectivity index (χ2n) is 5.70. The van der Waals surface area contributed by atoms with Gasteiger partial charge in [0.1, 0.15) is 22.8 Å². The van der Waals surface area contributed by atoms with E-state index in [1.54, 1.807) is 11.3 Å². The summed E-state index contributed by atoms with van der Waals surface area (Å²) in [6.45, 7) is 0. The summed E-state index contributed by atoms with van der Waals surface area (Å²) in [5, 5.41) is 4.62. The summed E-state index contributed by atoms with van der Waals surface area (Å²) in [6.07, 6.45) is 6.60. The van der Waals surface area contributed by atoms with Crippen molar-refractivity contribution in [3.8, 4) is 0 Å². The molecule has 2 heterocycles. The molecule has 24 heavy (non-hydrogen) atoms. The van der Waals surface area contributed by atoms with Crippen LogP contribution in [0.1, 0.15) is 28.8 Å². The van der Waals surface area contributed by atoms with Gasteiger partial charge in [-0.3, -0.25) is 4.79 Å². The van der Waals surface area contributed by atoms with Crippen LogP contribution in [0.2, 0.25) is 0 Å². The van der Waals surface area contributed by atoms with E-state index in [0.29, 0.717) is 5.39 Å². The monoisotopic (exact) mass is 345 g/mol. The summed E-state index contributed by atoms with van der Waals surface area (Å²) < 4.78 is 27.7. The summed E-state index contributed by atoms with van der Waals surface area (Å²) in [7, 11) is 0. The number of hydrogen-bond donors (Lipinski definition) is 0. The third-order valence-corrected chi connectivity index (χ3v) is 5.34. The molecule has 7 heteroatoms. The van der Waals surface area contributed by atoms with E-state index in [0.717, 1.165) is 52.9 Å². The highest BCUT2D eigenvalue weighted by Gasteiger charge is 2.19. The van der Waals surface area contributed by atoms with Gasteiger partial charge in [-0.15, -0.1) is 11.3 Å². The molecule has 0 saturated carbocycles. The van der Waals surface area contributed by atoms with Crippen LogP contribution in [0, 0.1) is 11.6 Å². The molecule has 0 N–H and O–H groups in total. The molecule has 1 aromatic carbocycles. The Morgan fingerprint density at radius 3 is 2.92 bits per heavy atom. The molecule has 0 atom stereocenters. The van der Waals surface area contributed by atoms with Gasteiger partial charge in [0.05, 0.1) is 11.6 Å². The Labute approximate surface area is 140 Å². The predicted octanol–water partition coefficient (Wildman–Crippen LogP) is 3.50. The second kappa shape index (κ2) is 5.90. The van der Waals surface area contributed by atoms with Gasteiger partial charge in [-0.05, 0) is 43.4 Å². The van der Waals surface area contributed by atoms with Crippen molar-refractivity contribution < 1.29 is 8.78 Å². The molecule has 4 rings (SSSR count). The molecule has 0 unspecified atom stereocenters. The maximum Gasteiger partial charge on any atom is 0.282 e. The summed E-state index contributed by atoms with van der Waals surface area (Å²) >= 11 is 1.56. The van der Waals surface area contributed by atoms with Crippen LogP contribution < -0.4 is 5.56 Å². The van der Waals surface area contributed by atoms with Gasteiger partial charge in [0, 0.05) is 16.5 Å². The lowest BCUT2D eigenvalue weighted by atomic mass is 9.97. The smallest absolute Gasteiger partial charge is 0.267 e. The van der Waals surface area contributed by atoms with Gasteiger partial charge in [0.2, 0.25) is 0 Å². The normalized spacial score (nSPS) is 14.4. The largest absolute Gasteiger partial charge is 0.282 e. The maximum atomic E-state index is 13.6. The van der Waals surface area contributed by atoms with Gasteiger partial charge in [-0.2, -0.15) is 9.78 Å². The van der Waals surface area contributed by atoms with Gasteiger partial charge in [-0.1, -0.05) is 0 Å². The van der Waals surface area contributed by atoms with Crippen LogP contribution in [0.4, 0.5) is 8.78 Å². The third-order valence-electron chi connectivity index (χ3n) is 4.14. The Hall–Kier alpha value is -2.41. The zero-order valence-corrected chi connectivity index (χ0v) is 13.4. The summed E-state index contributed by atoms with van der Waals surface area (Å²) in [4.78, 5) is 19.0. The number of aryl methyl sites for hydroxylation is 2. The SMILES string of the molecule is O=c1c2c3c(sc2ncn1/N=C\c1ccc(F)cc1F)CCCC3. The first-order chi connectivity index (χ1) is 11.6. The average molecular weight is 345 g/mol. The maximum absolute atomic E-state index is 13.6. The number of rotatable bonds is 2. The van der Waals surface area contributed by atoms with E-state index in [1.165, 1.54) is 23.5 Å². The van der Waals surface area contributed by atoms with Gasteiger partial charge in [0.15, 0.2) is 0 Å². The molecule has 1 aliphatic rings. The van der Waals surface area contributed by atoms with E-state index in [9.17, 15) is 13.6 Å². The molecule has 0 bridgehead atoms. The third kappa shape index (κ3) is 2.54. The van der Waals surface area contributed by atoms with Crippen molar-refractivity contribution in [1.82, 2.24) is 9.66 Å². The number of nitrogens with zero attached hydrogens (tertiary/aromatic N) is 3. The highest BCUT2D eigenvalue weighted by molar-refractivity contribution is 7.18. The van der Waals surface area contributed by atoms with Crippen LogP contribution >= 0.6 is 11.3 Å². The molecule has 0 spiro atoms. The Bertz CT molecular complexity index is 1020. The highest BCUT2D eigenvalue weighted by atomic mass is 32.1. The van der Waals surface area contributed by atoms with E-state index in [4.69, 9.17) is 0 Å². The summed E-state index contributed by atoms with van der Waals surface area (Å²) in [5.74, 6) is -1.39. The number of hydrogen-bond acceptors (Lipinski definition) is 4. The van der Waals surface area contributed by atoms with Gasteiger partial charge in [0.25, 0.3) is 5.56 Å². The molecule has 2 aromatic heterocycles. The van der Waals surface area contributed by atoms with E-state index in [1.807, 2.05) is 0 Å². The van der Waals surface area contributed by atoms with Crippen molar-refractivity contribution in [2.45, 2.75) is 25.7 Å². The standard InChI is InChI=1S/C17H13F2N3OS/c18-11-6-5-10(13(19)7-11)8-21-22-9-20-16-15(17(22)23)12-3-1-2-4-14(12)24-16/h5-9H,1-4H2/b21-8-. The van der Waals surface area contributed by atoms with Gasteiger partial charge >= 0.3 is 0 Å². The quantitative estimate of drug-likeness (QED) is 0.668. The number of thiophene rings is 1. The van der Waals surface area contributed by atoms with Crippen LogP contribution in [0.5, 0.6) is 0 Å². The summed E-state index contributed by atoms with van der Waals surface area (Å²) in [6, 6.07) is 3.20. The lowest BCUT2D eigenvalue weighted by Gasteiger charge is -2.09. The summed E-state index contributed by atoms with van der Waals surface area (Å²) in [5.41, 5.74) is 0.935. The van der Waals surface area contributed by atoms with Crippen molar-refractivity contribution in [3.63, 3.8) is 0 Å². The molecule has 0 saturated heterocycles. The Morgan fingerprint density at radius 1 is 1.25 bits per heavy atom. The minimum atomic E-state index is -0.728. The average Bonchev–Trinajstić information content (AvgIpc) is 2.95. The number of halogens is 2. The van der Waals surface area contributed by atoms with Crippen LogP contribution in [0.25, 0.3) is 10.2 Å². The Kier molecular flexibility index (Phi) is 3.72. The van der Waals surface area contributed by atoms with Crippen molar-refractivity contribution in [3.05, 3.63) is 62.5 Å². The molecule has 0 aliphatic heterocycles. The zero-order valence-electron chi connectivity index (χ0n) is 12.6. The van der Waals surface area contributed by atoms with Crippen molar-refractivity contribution >= 4 is 27.8 Å². The van der Waals surface area contributed by atoms with Crippen LogP contribution in [-0.4, -0.2) is 15.9 Å². The first-order valence-electron chi connectivity index (χ1n) is 7.65. The minimum absolute atomic E-state index is 0.107. The van der Waals surface area contributed by atoms with Crippen LogP contribution in [0.3, 0.4) is 0 Å².